The monoisotopic (exact) mass is 350 g/mol. The second-order valence-electron chi connectivity index (χ2n) is 9.68. The topological polar surface area (TPSA) is 37.3 Å². The number of fused-ring (bicyclic) bond motifs is 2. The lowest BCUT2D eigenvalue weighted by molar-refractivity contribution is -0.137. The number of hydrogen-bond donors (Lipinski definition) is 1. The molecule has 1 spiro atoms. The van der Waals surface area contributed by atoms with Crippen LogP contribution < -0.4 is 0 Å². The Morgan fingerprint density at radius 2 is 2.15 bits per heavy atom. The highest BCUT2D eigenvalue weighted by molar-refractivity contribution is 5.91. The second-order valence-corrected chi connectivity index (χ2v) is 9.68. The number of rotatable bonds is 1. The van der Waals surface area contributed by atoms with Crippen LogP contribution >= 0.6 is 0 Å². The fourth-order valence-corrected chi connectivity index (χ4v) is 8.32. The summed E-state index contributed by atoms with van der Waals surface area (Å²) in [6, 6.07) is 0. The van der Waals surface area contributed by atoms with E-state index in [0.29, 0.717) is 35.9 Å². The quantitative estimate of drug-likeness (QED) is 0.561. The SMILES string of the molecule is C#C[C@]1(O)CCC2C3CCC4=CC(=O)CC[C@@]45CC=C[C@@H](C[C@@]21CC)C35. The minimum Gasteiger partial charge on any atom is -0.377 e. The molecule has 138 valence electrons. The number of hydrogen-bond acceptors (Lipinski definition) is 2. The van der Waals surface area contributed by atoms with Crippen molar-refractivity contribution in [1.82, 2.24) is 0 Å². The zero-order valence-corrected chi connectivity index (χ0v) is 15.8. The number of carbonyl (C=O) groups excluding carboxylic acids is 1. The zero-order valence-electron chi connectivity index (χ0n) is 15.8. The van der Waals surface area contributed by atoms with Crippen LogP contribution in [0.1, 0.15) is 64.7 Å². The molecule has 5 rings (SSSR count). The molecule has 0 aromatic carbocycles. The van der Waals surface area contributed by atoms with Gasteiger partial charge in [0.05, 0.1) is 0 Å². The maximum absolute atomic E-state index is 12.1. The minimum absolute atomic E-state index is 0.123. The van der Waals surface area contributed by atoms with Crippen molar-refractivity contribution in [2.45, 2.75) is 70.3 Å². The van der Waals surface area contributed by atoms with Crippen molar-refractivity contribution in [3.8, 4) is 12.3 Å². The van der Waals surface area contributed by atoms with Crippen molar-refractivity contribution in [2.75, 3.05) is 0 Å². The van der Waals surface area contributed by atoms with Crippen LogP contribution in [0.25, 0.3) is 0 Å². The van der Waals surface area contributed by atoms with Crippen LogP contribution in [0.2, 0.25) is 0 Å². The first-order valence-electron chi connectivity index (χ1n) is 10.6. The molecule has 5 aliphatic rings. The predicted octanol–water partition coefficient (Wildman–Crippen LogP) is 4.44. The maximum atomic E-state index is 12.1. The van der Waals surface area contributed by atoms with Gasteiger partial charge in [-0.1, -0.05) is 30.6 Å². The van der Waals surface area contributed by atoms with Crippen molar-refractivity contribution in [3.05, 3.63) is 23.8 Å². The Balaban J connectivity index is 1.64. The van der Waals surface area contributed by atoms with E-state index in [2.05, 4.69) is 25.0 Å². The lowest BCUT2D eigenvalue weighted by Gasteiger charge is -2.63. The molecule has 2 heteroatoms. The van der Waals surface area contributed by atoms with Gasteiger partial charge in [-0.05, 0) is 86.5 Å². The molecular formula is C24H30O2. The van der Waals surface area contributed by atoms with E-state index in [9.17, 15) is 9.90 Å². The van der Waals surface area contributed by atoms with E-state index in [1.807, 2.05) is 6.08 Å². The van der Waals surface area contributed by atoms with Gasteiger partial charge in [0.15, 0.2) is 5.78 Å². The molecule has 0 heterocycles. The smallest absolute Gasteiger partial charge is 0.155 e. The van der Waals surface area contributed by atoms with Gasteiger partial charge in [0, 0.05) is 11.8 Å². The Bertz CT molecular complexity index is 755. The molecular weight excluding hydrogens is 320 g/mol. The van der Waals surface area contributed by atoms with Gasteiger partial charge in [-0.2, -0.15) is 0 Å². The summed E-state index contributed by atoms with van der Waals surface area (Å²) in [5.41, 5.74) is 0.599. The van der Waals surface area contributed by atoms with Gasteiger partial charge < -0.3 is 5.11 Å². The third kappa shape index (κ3) is 1.81. The van der Waals surface area contributed by atoms with Crippen LogP contribution in [0.3, 0.4) is 0 Å². The van der Waals surface area contributed by atoms with Crippen LogP contribution in [-0.4, -0.2) is 16.5 Å². The molecule has 0 aromatic heterocycles. The van der Waals surface area contributed by atoms with Gasteiger partial charge in [-0.15, -0.1) is 6.42 Å². The molecule has 0 aromatic rings. The van der Waals surface area contributed by atoms with E-state index in [0.717, 1.165) is 44.9 Å². The van der Waals surface area contributed by atoms with Crippen LogP contribution in [-0.2, 0) is 4.79 Å². The van der Waals surface area contributed by atoms with Gasteiger partial charge in [-0.3, -0.25) is 4.79 Å². The highest BCUT2D eigenvalue weighted by atomic mass is 16.3. The fourth-order valence-electron chi connectivity index (χ4n) is 8.32. The Labute approximate surface area is 157 Å². The number of aliphatic hydroxyl groups is 1. The van der Waals surface area contributed by atoms with Gasteiger partial charge >= 0.3 is 0 Å². The molecule has 0 amide bonds. The first-order valence-corrected chi connectivity index (χ1v) is 10.6. The molecule has 26 heavy (non-hydrogen) atoms. The molecule has 7 atom stereocenters. The van der Waals surface area contributed by atoms with Crippen molar-refractivity contribution in [3.63, 3.8) is 0 Å². The van der Waals surface area contributed by atoms with E-state index in [-0.39, 0.29) is 10.8 Å². The average molecular weight is 351 g/mol. The molecule has 0 aliphatic heterocycles. The summed E-state index contributed by atoms with van der Waals surface area (Å²) in [4.78, 5) is 12.1. The van der Waals surface area contributed by atoms with Gasteiger partial charge in [-0.25, -0.2) is 0 Å². The highest BCUT2D eigenvalue weighted by Gasteiger charge is 2.67. The molecule has 3 fully saturated rings. The lowest BCUT2D eigenvalue weighted by Crippen LogP contribution is -2.59. The largest absolute Gasteiger partial charge is 0.377 e. The summed E-state index contributed by atoms with van der Waals surface area (Å²) < 4.78 is 0. The van der Waals surface area contributed by atoms with E-state index < -0.39 is 5.60 Å². The van der Waals surface area contributed by atoms with Crippen molar-refractivity contribution in [2.24, 2.45) is 34.5 Å². The standard InChI is InChI=1S/C24H30O2/c1-3-23-15-16-6-5-11-22-12-9-18(25)14-17(22)7-8-19(21(16)22)20(23)10-13-24(23,26)4-2/h2,5-6,14,16,19-21,26H,3,7-13,15H2,1H3/t16-,19?,20?,21?,22-,23-,24-/m0/s1. The fraction of sp³-hybridized carbons (Fsp3) is 0.708. The zero-order chi connectivity index (χ0) is 18.2. The summed E-state index contributed by atoms with van der Waals surface area (Å²) in [6.45, 7) is 2.23. The first-order chi connectivity index (χ1) is 12.5. The van der Waals surface area contributed by atoms with Gasteiger partial charge in [0.1, 0.15) is 5.60 Å². The molecule has 0 bridgehead atoms. The van der Waals surface area contributed by atoms with E-state index in [1.165, 1.54) is 12.0 Å². The summed E-state index contributed by atoms with van der Waals surface area (Å²) in [7, 11) is 0. The third-order valence-electron chi connectivity index (χ3n) is 9.30. The summed E-state index contributed by atoms with van der Waals surface area (Å²) >= 11 is 0. The average Bonchev–Trinajstić information content (AvgIpc) is 2.96. The molecule has 3 saturated carbocycles. The van der Waals surface area contributed by atoms with E-state index in [1.54, 1.807) is 0 Å². The van der Waals surface area contributed by atoms with Crippen molar-refractivity contribution in [1.29, 1.82) is 0 Å². The Hall–Kier alpha value is -1.33. The highest BCUT2D eigenvalue weighted by Crippen LogP contribution is 2.71. The lowest BCUT2D eigenvalue weighted by atomic mass is 9.41. The molecule has 3 unspecified atom stereocenters. The van der Waals surface area contributed by atoms with Gasteiger partial charge in [0.25, 0.3) is 0 Å². The molecule has 2 nitrogen and oxygen atoms in total. The Kier molecular flexibility index (Phi) is 3.46. The van der Waals surface area contributed by atoms with Crippen molar-refractivity contribution >= 4 is 5.78 Å². The van der Waals surface area contributed by atoms with Crippen LogP contribution in [0.15, 0.2) is 23.8 Å². The predicted molar refractivity (Wildman–Crippen MR) is 102 cm³/mol. The van der Waals surface area contributed by atoms with E-state index in [4.69, 9.17) is 6.42 Å². The maximum Gasteiger partial charge on any atom is 0.155 e. The summed E-state index contributed by atoms with van der Waals surface area (Å²) in [6.07, 6.45) is 21.6. The molecule has 0 saturated heterocycles. The number of ketones is 1. The Morgan fingerprint density at radius 1 is 1.31 bits per heavy atom. The minimum atomic E-state index is -0.936. The third-order valence-corrected chi connectivity index (χ3v) is 9.30. The van der Waals surface area contributed by atoms with Crippen LogP contribution in [0.5, 0.6) is 0 Å². The van der Waals surface area contributed by atoms with Gasteiger partial charge in [0.2, 0.25) is 0 Å². The first kappa shape index (κ1) is 16.8. The second kappa shape index (κ2) is 5.35. The van der Waals surface area contributed by atoms with Crippen LogP contribution in [0, 0.1) is 46.8 Å². The number of carbonyl (C=O) groups is 1. The van der Waals surface area contributed by atoms with Crippen LogP contribution in [0.4, 0.5) is 0 Å². The molecule has 1 N–H and O–H groups in total. The summed E-state index contributed by atoms with van der Waals surface area (Å²) in [5.74, 6) is 5.49. The summed E-state index contributed by atoms with van der Waals surface area (Å²) in [5, 5.41) is 11.4. The normalized spacial score (nSPS) is 51.7. The van der Waals surface area contributed by atoms with E-state index >= 15 is 0 Å². The molecule has 0 radical (unpaired) electrons. The molecule has 5 aliphatic carbocycles. The Morgan fingerprint density at radius 3 is 2.92 bits per heavy atom. The number of terminal acetylenes is 1. The number of allylic oxidation sites excluding steroid dienone is 3. The van der Waals surface area contributed by atoms with Crippen molar-refractivity contribution < 1.29 is 9.90 Å².